The molecule has 0 aromatic carbocycles. The van der Waals surface area contributed by atoms with Crippen LogP contribution in [0.15, 0.2) is 0 Å². The van der Waals surface area contributed by atoms with E-state index in [0.717, 1.165) is 18.9 Å². The van der Waals surface area contributed by atoms with E-state index >= 15 is 0 Å². The van der Waals surface area contributed by atoms with Gasteiger partial charge in [-0.1, -0.05) is 25.7 Å². The highest BCUT2D eigenvalue weighted by atomic mass is 16.6. The topological polar surface area (TPSA) is 50.4 Å². The summed E-state index contributed by atoms with van der Waals surface area (Å²) in [5, 5.41) is 6.41. The number of nitrogens with one attached hydrogen (secondary N) is 2. The van der Waals surface area contributed by atoms with E-state index < -0.39 is 5.60 Å². The Morgan fingerprint density at radius 2 is 1.76 bits per heavy atom. The molecule has 0 aromatic heterocycles. The summed E-state index contributed by atoms with van der Waals surface area (Å²) in [4.78, 5) is 11.5. The maximum atomic E-state index is 11.5. The second-order valence-electron chi connectivity index (χ2n) is 7.28. The molecule has 0 saturated heterocycles. The van der Waals surface area contributed by atoms with Gasteiger partial charge in [-0.2, -0.15) is 0 Å². The fourth-order valence-corrected chi connectivity index (χ4v) is 2.90. The van der Waals surface area contributed by atoms with E-state index in [2.05, 4.69) is 17.6 Å². The molecule has 1 rings (SSSR count). The van der Waals surface area contributed by atoms with Crippen LogP contribution in [0.2, 0.25) is 0 Å². The van der Waals surface area contributed by atoms with Crippen LogP contribution < -0.4 is 10.6 Å². The lowest BCUT2D eigenvalue weighted by molar-refractivity contribution is 0.0527. The van der Waals surface area contributed by atoms with Crippen LogP contribution in [0, 0.1) is 5.92 Å². The van der Waals surface area contributed by atoms with Crippen molar-refractivity contribution >= 4 is 6.09 Å². The van der Waals surface area contributed by atoms with Gasteiger partial charge in [0.1, 0.15) is 5.60 Å². The van der Waals surface area contributed by atoms with Gasteiger partial charge in [0.15, 0.2) is 0 Å². The number of amides is 1. The fourth-order valence-electron chi connectivity index (χ4n) is 2.90. The van der Waals surface area contributed by atoms with Gasteiger partial charge in [-0.05, 0) is 59.4 Å². The maximum Gasteiger partial charge on any atom is 0.407 e. The molecule has 21 heavy (non-hydrogen) atoms. The second kappa shape index (κ2) is 9.29. The molecule has 1 amide bonds. The monoisotopic (exact) mass is 298 g/mol. The van der Waals surface area contributed by atoms with Gasteiger partial charge in [-0.3, -0.25) is 0 Å². The van der Waals surface area contributed by atoms with Crippen molar-refractivity contribution in [3.8, 4) is 0 Å². The summed E-state index contributed by atoms with van der Waals surface area (Å²) in [6, 6.07) is 0.588. The number of carbonyl (C=O) groups excluding carboxylic acids is 1. The molecule has 124 valence electrons. The summed E-state index contributed by atoms with van der Waals surface area (Å²) >= 11 is 0. The number of carbonyl (C=O) groups is 1. The molecular weight excluding hydrogens is 264 g/mol. The molecule has 4 nitrogen and oxygen atoms in total. The Hall–Kier alpha value is -0.770. The summed E-state index contributed by atoms with van der Waals surface area (Å²) in [5.41, 5.74) is -0.420. The molecule has 4 heteroatoms. The van der Waals surface area contributed by atoms with Gasteiger partial charge >= 0.3 is 6.09 Å². The molecule has 1 aliphatic carbocycles. The van der Waals surface area contributed by atoms with Crippen molar-refractivity contribution in [2.24, 2.45) is 5.92 Å². The van der Waals surface area contributed by atoms with Crippen LogP contribution in [0.1, 0.15) is 72.6 Å². The highest BCUT2D eigenvalue weighted by Crippen LogP contribution is 2.25. The number of hydrogen-bond acceptors (Lipinski definition) is 3. The number of alkyl carbamates (subject to hydrolysis) is 1. The standard InChI is InChI=1S/C17H34N2O2/c1-14(15-10-7-5-6-8-11-15)18-12-9-13-19-16(20)21-17(2,3)4/h14-15,18H,5-13H2,1-4H3,(H,19,20)/t14-/m0/s1. The normalized spacial score (nSPS) is 18.9. The third kappa shape index (κ3) is 8.97. The Balaban J connectivity index is 2.06. The van der Waals surface area contributed by atoms with E-state index in [4.69, 9.17) is 4.74 Å². The predicted molar refractivity (Wildman–Crippen MR) is 87.5 cm³/mol. The zero-order valence-corrected chi connectivity index (χ0v) is 14.3. The highest BCUT2D eigenvalue weighted by molar-refractivity contribution is 5.67. The molecule has 1 aliphatic rings. The summed E-state index contributed by atoms with van der Waals surface area (Å²) in [6.07, 6.45) is 8.93. The van der Waals surface area contributed by atoms with Crippen LogP contribution in [0.5, 0.6) is 0 Å². The average Bonchev–Trinajstić information content (AvgIpc) is 2.64. The van der Waals surface area contributed by atoms with E-state index in [1.54, 1.807) is 0 Å². The van der Waals surface area contributed by atoms with E-state index in [1.165, 1.54) is 38.5 Å². The minimum absolute atomic E-state index is 0.320. The summed E-state index contributed by atoms with van der Waals surface area (Å²) in [5.74, 6) is 0.825. The zero-order valence-electron chi connectivity index (χ0n) is 14.3. The lowest BCUT2D eigenvalue weighted by atomic mass is 9.93. The molecule has 1 saturated carbocycles. The largest absolute Gasteiger partial charge is 0.444 e. The summed E-state index contributed by atoms with van der Waals surface area (Å²) in [7, 11) is 0. The smallest absolute Gasteiger partial charge is 0.407 e. The van der Waals surface area contributed by atoms with Crippen molar-refractivity contribution < 1.29 is 9.53 Å². The SMILES string of the molecule is C[C@H](NCCCNC(=O)OC(C)(C)C)C1CCCCCC1. The van der Waals surface area contributed by atoms with Crippen LogP contribution in [0.3, 0.4) is 0 Å². The first-order valence-electron chi connectivity index (χ1n) is 8.59. The van der Waals surface area contributed by atoms with E-state index in [1.807, 2.05) is 20.8 Å². The first-order chi connectivity index (χ1) is 9.88. The lowest BCUT2D eigenvalue weighted by Crippen LogP contribution is -2.37. The highest BCUT2D eigenvalue weighted by Gasteiger charge is 2.18. The van der Waals surface area contributed by atoms with E-state index in [9.17, 15) is 4.79 Å². The molecule has 0 heterocycles. The van der Waals surface area contributed by atoms with Gasteiger partial charge in [0.25, 0.3) is 0 Å². The van der Waals surface area contributed by atoms with Crippen LogP contribution in [0.25, 0.3) is 0 Å². The molecule has 0 radical (unpaired) electrons. The fraction of sp³-hybridized carbons (Fsp3) is 0.941. The zero-order chi connectivity index (χ0) is 15.7. The Morgan fingerprint density at radius 3 is 2.33 bits per heavy atom. The van der Waals surface area contributed by atoms with Crippen molar-refractivity contribution in [3.63, 3.8) is 0 Å². The maximum absolute atomic E-state index is 11.5. The van der Waals surface area contributed by atoms with Gasteiger partial charge in [0, 0.05) is 12.6 Å². The Labute approximate surface area is 130 Å². The van der Waals surface area contributed by atoms with Crippen LogP contribution in [-0.2, 0) is 4.74 Å². The third-order valence-electron chi connectivity index (χ3n) is 4.10. The third-order valence-corrected chi connectivity index (χ3v) is 4.10. The summed E-state index contributed by atoms with van der Waals surface area (Å²) < 4.78 is 5.20. The first kappa shape index (κ1) is 18.3. The van der Waals surface area contributed by atoms with Crippen molar-refractivity contribution in [1.29, 1.82) is 0 Å². The van der Waals surface area contributed by atoms with E-state index in [0.29, 0.717) is 12.6 Å². The minimum Gasteiger partial charge on any atom is -0.444 e. The molecule has 1 fully saturated rings. The Morgan fingerprint density at radius 1 is 1.14 bits per heavy atom. The molecule has 2 N–H and O–H groups in total. The first-order valence-corrected chi connectivity index (χ1v) is 8.59. The molecular formula is C17H34N2O2. The van der Waals surface area contributed by atoms with Gasteiger partial charge in [0.2, 0.25) is 0 Å². The van der Waals surface area contributed by atoms with Crippen LogP contribution >= 0.6 is 0 Å². The molecule has 0 aromatic rings. The lowest BCUT2D eigenvalue weighted by Gasteiger charge is -2.24. The number of hydrogen-bond donors (Lipinski definition) is 2. The van der Waals surface area contributed by atoms with Crippen LogP contribution in [-0.4, -0.2) is 30.8 Å². The molecule has 0 spiro atoms. The van der Waals surface area contributed by atoms with Crippen molar-refractivity contribution in [2.45, 2.75) is 84.3 Å². The average molecular weight is 298 g/mol. The Bertz CT molecular complexity index is 292. The van der Waals surface area contributed by atoms with Gasteiger partial charge in [-0.25, -0.2) is 4.79 Å². The van der Waals surface area contributed by atoms with Gasteiger partial charge in [0.05, 0.1) is 0 Å². The van der Waals surface area contributed by atoms with Crippen molar-refractivity contribution in [1.82, 2.24) is 10.6 Å². The van der Waals surface area contributed by atoms with E-state index in [-0.39, 0.29) is 6.09 Å². The van der Waals surface area contributed by atoms with Crippen LogP contribution in [0.4, 0.5) is 4.79 Å². The quantitative estimate of drug-likeness (QED) is 0.578. The number of ether oxygens (including phenoxy) is 1. The predicted octanol–water partition coefficient (Wildman–Crippen LogP) is 3.85. The van der Waals surface area contributed by atoms with Crippen molar-refractivity contribution in [3.05, 3.63) is 0 Å². The summed E-state index contributed by atoms with van der Waals surface area (Å²) in [6.45, 7) is 9.55. The number of rotatable bonds is 6. The molecule has 0 unspecified atom stereocenters. The molecule has 1 atom stereocenters. The van der Waals surface area contributed by atoms with Gasteiger partial charge in [-0.15, -0.1) is 0 Å². The molecule has 0 aliphatic heterocycles. The molecule has 0 bridgehead atoms. The Kier molecular flexibility index (Phi) is 8.09. The second-order valence-corrected chi connectivity index (χ2v) is 7.28. The van der Waals surface area contributed by atoms with Crippen molar-refractivity contribution in [2.75, 3.05) is 13.1 Å². The van der Waals surface area contributed by atoms with Gasteiger partial charge < -0.3 is 15.4 Å². The minimum atomic E-state index is -0.420.